The number of nitrogens with zero attached hydrogens (tertiary/aromatic N) is 2. The van der Waals surface area contributed by atoms with Gasteiger partial charge in [0.2, 0.25) is 5.91 Å². The molecular formula is C15H15ClN2O2. The quantitative estimate of drug-likeness (QED) is 0.852. The Balaban J connectivity index is 1.94. The molecule has 0 N–H and O–H groups in total. The van der Waals surface area contributed by atoms with Crippen molar-refractivity contribution in [2.75, 3.05) is 6.54 Å². The molecule has 5 heteroatoms. The van der Waals surface area contributed by atoms with Crippen LogP contribution in [0.5, 0.6) is 0 Å². The van der Waals surface area contributed by atoms with Crippen LogP contribution in [0.2, 0.25) is 5.02 Å². The third kappa shape index (κ3) is 2.31. The third-order valence-electron chi connectivity index (χ3n) is 3.60. The molecule has 4 nitrogen and oxygen atoms in total. The van der Waals surface area contributed by atoms with E-state index in [1.165, 1.54) is 0 Å². The Bertz CT molecular complexity index is 634. The molecule has 0 spiro atoms. The average Bonchev–Trinajstić information content (AvgIpc) is 2.90. The van der Waals surface area contributed by atoms with E-state index in [0.29, 0.717) is 24.5 Å². The molecule has 0 bridgehead atoms. The van der Waals surface area contributed by atoms with Gasteiger partial charge in [-0.3, -0.25) is 4.79 Å². The van der Waals surface area contributed by atoms with Gasteiger partial charge in [-0.05, 0) is 24.3 Å². The zero-order valence-corrected chi connectivity index (χ0v) is 12.0. The molecule has 0 atom stereocenters. The Morgan fingerprint density at radius 3 is 2.85 bits per heavy atom. The van der Waals surface area contributed by atoms with Gasteiger partial charge in [-0.15, -0.1) is 0 Å². The van der Waals surface area contributed by atoms with Gasteiger partial charge in [0.15, 0.2) is 5.76 Å². The first-order valence-corrected chi connectivity index (χ1v) is 7.08. The van der Waals surface area contributed by atoms with E-state index < -0.39 is 0 Å². The van der Waals surface area contributed by atoms with Crippen LogP contribution >= 0.6 is 11.6 Å². The minimum absolute atomic E-state index is 0.166. The molecule has 20 heavy (non-hydrogen) atoms. The van der Waals surface area contributed by atoms with Crippen LogP contribution in [0.1, 0.15) is 24.6 Å². The van der Waals surface area contributed by atoms with E-state index >= 15 is 0 Å². The van der Waals surface area contributed by atoms with Crippen molar-refractivity contribution in [3.63, 3.8) is 0 Å². The topological polar surface area (TPSA) is 46.3 Å². The molecule has 0 saturated carbocycles. The zero-order chi connectivity index (χ0) is 14.1. The molecule has 1 aliphatic rings. The van der Waals surface area contributed by atoms with Gasteiger partial charge in [-0.2, -0.15) is 0 Å². The van der Waals surface area contributed by atoms with Gasteiger partial charge in [-0.1, -0.05) is 23.7 Å². The largest absolute Gasteiger partial charge is 0.356 e. The number of amides is 1. The van der Waals surface area contributed by atoms with E-state index in [1.807, 2.05) is 36.1 Å². The van der Waals surface area contributed by atoms with Crippen LogP contribution in [-0.2, 0) is 17.8 Å². The van der Waals surface area contributed by atoms with E-state index in [-0.39, 0.29) is 5.91 Å². The van der Waals surface area contributed by atoms with E-state index in [4.69, 9.17) is 16.1 Å². The summed E-state index contributed by atoms with van der Waals surface area (Å²) in [5.41, 5.74) is 2.91. The van der Waals surface area contributed by atoms with Crippen LogP contribution < -0.4 is 0 Å². The summed E-state index contributed by atoms with van der Waals surface area (Å²) >= 11 is 5.90. The number of fused-ring (bicyclic) bond motifs is 1. The van der Waals surface area contributed by atoms with Crippen LogP contribution in [0.4, 0.5) is 0 Å². The van der Waals surface area contributed by atoms with E-state index in [2.05, 4.69) is 5.16 Å². The van der Waals surface area contributed by atoms with Crippen LogP contribution in [0.25, 0.3) is 11.3 Å². The van der Waals surface area contributed by atoms with Crippen molar-refractivity contribution in [3.8, 4) is 11.3 Å². The minimum Gasteiger partial charge on any atom is -0.356 e. The van der Waals surface area contributed by atoms with Crippen molar-refractivity contribution in [1.82, 2.24) is 10.1 Å². The van der Waals surface area contributed by atoms with Crippen molar-refractivity contribution in [1.29, 1.82) is 0 Å². The first-order valence-electron chi connectivity index (χ1n) is 6.70. The number of hydrogen-bond acceptors (Lipinski definition) is 3. The second kappa shape index (κ2) is 5.29. The number of carbonyl (C=O) groups excluding carboxylic acids is 1. The average molecular weight is 291 g/mol. The Morgan fingerprint density at radius 1 is 1.40 bits per heavy atom. The number of carbonyl (C=O) groups is 1. The highest BCUT2D eigenvalue weighted by Gasteiger charge is 2.26. The smallest absolute Gasteiger partial charge is 0.222 e. The summed E-state index contributed by atoms with van der Waals surface area (Å²) in [7, 11) is 0. The number of aromatic nitrogens is 1. The molecule has 2 aromatic rings. The summed E-state index contributed by atoms with van der Waals surface area (Å²) < 4.78 is 5.47. The van der Waals surface area contributed by atoms with Crippen LogP contribution in [-0.4, -0.2) is 22.5 Å². The van der Waals surface area contributed by atoms with Gasteiger partial charge < -0.3 is 9.42 Å². The molecule has 1 aromatic carbocycles. The molecule has 2 heterocycles. The molecule has 0 saturated heterocycles. The van der Waals surface area contributed by atoms with E-state index in [1.54, 1.807) is 0 Å². The Morgan fingerprint density at radius 2 is 2.15 bits per heavy atom. The zero-order valence-electron chi connectivity index (χ0n) is 11.2. The second-order valence-corrected chi connectivity index (χ2v) is 5.30. The molecule has 0 aliphatic carbocycles. The van der Waals surface area contributed by atoms with Crippen LogP contribution in [0.15, 0.2) is 28.8 Å². The fourth-order valence-corrected chi connectivity index (χ4v) is 2.60. The molecule has 0 fully saturated rings. The molecule has 104 valence electrons. The van der Waals surface area contributed by atoms with Crippen molar-refractivity contribution >= 4 is 17.5 Å². The Labute approximate surface area is 122 Å². The highest BCUT2D eigenvalue weighted by atomic mass is 35.5. The minimum atomic E-state index is 0.166. The molecule has 1 aliphatic heterocycles. The lowest BCUT2D eigenvalue weighted by atomic mass is 10.0. The predicted octanol–water partition coefficient (Wildman–Crippen LogP) is 3.29. The summed E-state index contributed by atoms with van der Waals surface area (Å²) in [5.74, 6) is 0.907. The van der Waals surface area contributed by atoms with Crippen molar-refractivity contribution in [2.24, 2.45) is 0 Å². The number of hydrogen-bond donors (Lipinski definition) is 0. The highest BCUT2D eigenvalue weighted by Crippen LogP contribution is 2.31. The van der Waals surface area contributed by atoms with Gasteiger partial charge >= 0.3 is 0 Å². The van der Waals surface area contributed by atoms with Crippen molar-refractivity contribution < 1.29 is 9.32 Å². The SMILES string of the molecule is CCC(=O)N1CCc2noc(-c3ccc(Cl)cc3)c2C1. The second-order valence-electron chi connectivity index (χ2n) is 4.86. The predicted molar refractivity (Wildman–Crippen MR) is 76.4 cm³/mol. The monoisotopic (exact) mass is 290 g/mol. The molecule has 0 radical (unpaired) electrons. The van der Waals surface area contributed by atoms with Gasteiger partial charge in [0.05, 0.1) is 12.2 Å². The van der Waals surface area contributed by atoms with Gasteiger partial charge in [0.1, 0.15) is 0 Å². The lowest BCUT2D eigenvalue weighted by Gasteiger charge is -2.26. The third-order valence-corrected chi connectivity index (χ3v) is 3.85. The maximum Gasteiger partial charge on any atom is 0.222 e. The summed E-state index contributed by atoms with van der Waals surface area (Å²) in [6, 6.07) is 7.46. The first-order chi connectivity index (χ1) is 9.69. The fourth-order valence-electron chi connectivity index (χ4n) is 2.48. The first kappa shape index (κ1) is 13.2. The maximum absolute atomic E-state index is 11.8. The van der Waals surface area contributed by atoms with Crippen molar-refractivity contribution in [2.45, 2.75) is 26.3 Å². The molecule has 1 amide bonds. The van der Waals surface area contributed by atoms with Crippen LogP contribution in [0.3, 0.4) is 0 Å². The van der Waals surface area contributed by atoms with E-state index in [9.17, 15) is 4.79 Å². The summed E-state index contributed by atoms with van der Waals surface area (Å²) in [6.07, 6.45) is 1.27. The number of benzene rings is 1. The van der Waals surface area contributed by atoms with Crippen LogP contribution in [0, 0.1) is 0 Å². The molecule has 3 rings (SSSR count). The lowest BCUT2D eigenvalue weighted by Crippen LogP contribution is -2.35. The molecular weight excluding hydrogens is 276 g/mol. The summed E-state index contributed by atoms with van der Waals surface area (Å²) in [6.45, 7) is 3.17. The van der Waals surface area contributed by atoms with Gasteiger partial charge in [0.25, 0.3) is 0 Å². The lowest BCUT2D eigenvalue weighted by molar-refractivity contribution is -0.131. The van der Waals surface area contributed by atoms with E-state index in [0.717, 1.165) is 29.0 Å². The normalized spacial score (nSPS) is 14.2. The summed E-state index contributed by atoms with van der Waals surface area (Å²) in [5, 5.41) is 4.81. The standard InChI is InChI=1S/C15H15ClN2O2/c1-2-14(19)18-8-7-13-12(9-18)15(20-17-13)10-3-5-11(16)6-4-10/h3-6H,2,7-9H2,1H3. The van der Waals surface area contributed by atoms with Crippen molar-refractivity contribution in [3.05, 3.63) is 40.5 Å². The van der Waals surface area contributed by atoms with Gasteiger partial charge in [-0.25, -0.2) is 0 Å². The van der Waals surface area contributed by atoms with Gasteiger partial charge in [0, 0.05) is 35.5 Å². The summed E-state index contributed by atoms with van der Waals surface area (Å²) in [4.78, 5) is 13.7. The number of rotatable bonds is 2. The molecule has 0 unspecified atom stereocenters. The maximum atomic E-state index is 11.8. The Kier molecular flexibility index (Phi) is 3.49. The fraction of sp³-hybridized carbons (Fsp3) is 0.333. The Hall–Kier alpha value is -1.81. The number of halogens is 1. The highest BCUT2D eigenvalue weighted by molar-refractivity contribution is 6.30. The molecule has 1 aromatic heterocycles.